The van der Waals surface area contributed by atoms with Crippen LogP contribution in [0.2, 0.25) is 0 Å². The van der Waals surface area contributed by atoms with Crippen LogP contribution in [0.3, 0.4) is 0 Å². The number of fused-ring (bicyclic) bond motifs is 1. The molecule has 160 valence electrons. The smallest absolute Gasteiger partial charge is 0.289 e. The van der Waals surface area contributed by atoms with E-state index in [0.717, 1.165) is 13.0 Å². The first kappa shape index (κ1) is 20.0. The molecule has 0 saturated carbocycles. The van der Waals surface area contributed by atoms with Gasteiger partial charge in [0.15, 0.2) is 5.76 Å². The van der Waals surface area contributed by atoms with Crippen molar-refractivity contribution >= 4 is 23.2 Å². The highest BCUT2D eigenvalue weighted by atomic mass is 32.1. The van der Waals surface area contributed by atoms with Crippen LogP contribution in [0.15, 0.2) is 64.6 Å². The van der Waals surface area contributed by atoms with Gasteiger partial charge in [-0.3, -0.25) is 14.5 Å². The second-order valence-corrected chi connectivity index (χ2v) is 8.98. The van der Waals surface area contributed by atoms with Crippen LogP contribution in [-0.2, 0) is 11.2 Å². The second-order valence-electron chi connectivity index (χ2n) is 7.98. The summed E-state index contributed by atoms with van der Waals surface area (Å²) in [7, 11) is 0. The molecule has 2 aliphatic heterocycles. The van der Waals surface area contributed by atoms with Gasteiger partial charge in [-0.05, 0) is 41.1 Å². The maximum atomic E-state index is 13.2. The molecule has 2 aliphatic rings. The van der Waals surface area contributed by atoms with Crippen molar-refractivity contribution in [1.29, 1.82) is 0 Å². The fourth-order valence-electron chi connectivity index (χ4n) is 4.55. The summed E-state index contributed by atoms with van der Waals surface area (Å²) in [5, 5.41) is 2.15. The summed E-state index contributed by atoms with van der Waals surface area (Å²) in [4.78, 5) is 33.0. The molecule has 0 spiro atoms. The van der Waals surface area contributed by atoms with Gasteiger partial charge in [-0.25, -0.2) is 0 Å². The molecule has 2 aromatic heterocycles. The monoisotopic (exact) mass is 435 g/mol. The molecule has 6 nitrogen and oxygen atoms in total. The molecule has 4 heterocycles. The van der Waals surface area contributed by atoms with Gasteiger partial charge in [0.05, 0.1) is 18.8 Å². The summed E-state index contributed by atoms with van der Waals surface area (Å²) in [6, 6.07) is 16.2. The first-order chi connectivity index (χ1) is 15.2. The molecule has 1 aromatic carbocycles. The Morgan fingerprint density at radius 1 is 0.935 bits per heavy atom. The van der Waals surface area contributed by atoms with E-state index in [9.17, 15) is 9.59 Å². The number of furan rings is 1. The first-order valence-electron chi connectivity index (χ1n) is 10.7. The first-order valence-corrected chi connectivity index (χ1v) is 11.5. The number of hydrogen-bond donors (Lipinski definition) is 0. The Balaban J connectivity index is 1.25. The predicted octanol–water partition coefficient (Wildman–Crippen LogP) is 3.27. The van der Waals surface area contributed by atoms with Gasteiger partial charge < -0.3 is 14.2 Å². The van der Waals surface area contributed by atoms with Crippen molar-refractivity contribution in [3.8, 4) is 0 Å². The van der Waals surface area contributed by atoms with Crippen LogP contribution in [0.4, 0.5) is 0 Å². The Morgan fingerprint density at radius 2 is 1.71 bits per heavy atom. The van der Waals surface area contributed by atoms with Gasteiger partial charge in [-0.1, -0.05) is 30.3 Å². The highest BCUT2D eigenvalue weighted by molar-refractivity contribution is 7.10. The van der Waals surface area contributed by atoms with E-state index in [-0.39, 0.29) is 17.9 Å². The number of benzene rings is 1. The fourth-order valence-corrected chi connectivity index (χ4v) is 5.46. The van der Waals surface area contributed by atoms with Crippen LogP contribution in [0.25, 0.3) is 0 Å². The molecule has 2 amide bonds. The Kier molecular flexibility index (Phi) is 5.61. The third-order valence-electron chi connectivity index (χ3n) is 6.17. The molecule has 1 saturated heterocycles. The Bertz CT molecular complexity index is 1040. The molecule has 7 heteroatoms. The predicted molar refractivity (Wildman–Crippen MR) is 119 cm³/mol. The summed E-state index contributed by atoms with van der Waals surface area (Å²) in [6.07, 6.45) is 2.49. The van der Waals surface area contributed by atoms with Crippen LogP contribution in [0.5, 0.6) is 0 Å². The van der Waals surface area contributed by atoms with Gasteiger partial charge in [0.2, 0.25) is 5.91 Å². The molecule has 31 heavy (non-hydrogen) atoms. The van der Waals surface area contributed by atoms with E-state index in [1.54, 1.807) is 17.0 Å². The molecule has 0 N–H and O–H groups in total. The zero-order chi connectivity index (χ0) is 21.2. The largest absolute Gasteiger partial charge is 0.459 e. The van der Waals surface area contributed by atoms with Crippen molar-refractivity contribution in [2.75, 3.05) is 39.3 Å². The lowest BCUT2D eigenvalue weighted by atomic mass is 9.93. The van der Waals surface area contributed by atoms with Gasteiger partial charge >= 0.3 is 0 Å². The number of thiophene rings is 1. The Morgan fingerprint density at radius 3 is 2.45 bits per heavy atom. The maximum absolute atomic E-state index is 13.2. The van der Waals surface area contributed by atoms with E-state index in [4.69, 9.17) is 4.42 Å². The third-order valence-corrected chi connectivity index (χ3v) is 7.17. The molecule has 1 atom stereocenters. The van der Waals surface area contributed by atoms with Crippen LogP contribution in [0.1, 0.15) is 32.6 Å². The molecular formula is C24H25N3O3S. The number of carbonyl (C=O) groups excluding carboxylic acids is 2. The average Bonchev–Trinajstić information content (AvgIpc) is 3.51. The molecule has 0 radical (unpaired) electrons. The van der Waals surface area contributed by atoms with Crippen LogP contribution in [-0.4, -0.2) is 65.8 Å². The quantitative estimate of drug-likeness (QED) is 0.631. The lowest BCUT2D eigenvalue weighted by Gasteiger charge is -2.39. The highest BCUT2D eigenvalue weighted by Gasteiger charge is 2.33. The van der Waals surface area contributed by atoms with Gasteiger partial charge in [-0.2, -0.15) is 0 Å². The van der Waals surface area contributed by atoms with E-state index in [0.29, 0.717) is 38.5 Å². The lowest BCUT2D eigenvalue weighted by Crippen LogP contribution is -2.53. The SMILES string of the molecule is O=C(CN1CCc2sccc2C1c1ccccc1)N1CCN(C(=O)c2ccco2)CC1. The van der Waals surface area contributed by atoms with Gasteiger partial charge in [0, 0.05) is 37.6 Å². The van der Waals surface area contributed by atoms with E-state index in [1.165, 1.54) is 22.3 Å². The Hall–Kier alpha value is -2.90. The van der Waals surface area contributed by atoms with E-state index in [1.807, 2.05) is 22.3 Å². The standard InChI is InChI=1S/C24H25N3O3S/c28-22(25-11-13-26(14-12-25)24(29)20-7-4-15-30-20)17-27-10-8-21-19(9-16-31-21)23(27)18-5-2-1-3-6-18/h1-7,9,15-16,23H,8,10-14,17H2. The van der Waals surface area contributed by atoms with Crippen molar-refractivity contribution in [1.82, 2.24) is 14.7 Å². The molecule has 1 fully saturated rings. The number of piperazine rings is 1. The summed E-state index contributed by atoms with van der Waals surface area (Å²) in [6.45, 7) is 3.43. The molecule has 0 bridgehead atoms. The van der Waals surface area contributed by atoms with E-state index in [2.05, 4.69) is 40.6 Å². The van der Waals surface area contributed by atoms with Crippen molar-refractivity contribution in [2.24, 2.45) is 0 Å². The van der Waals surface area contributed by atoms with Crippen LogP contribution < -0.4 is 0 Å². The van der Waals surface area contributed by atoms with Crippen LogP contribution >= 0.6 is 11.3 Å². The van der Waals surface area contributed by atoms with E-state index >= 15 is 0 Å². The molecule has 5 rings (SSSR count). The highest BCUT2D eigenvalue weighted by Crippen LogP contribution is 2.37. The molecular weight excluding hydrogens is 410 g/mol. The minimum atomic E-state index is -0.109. The molecule has 1 unspecified atom stereocenters. The van der Waals surface area contributed by atoms with E-state index < -0.39 is 0 Å². The van der Waals surface area contributed by atoms with Gasteiger partial charge in [0.25, 0.3) is 5.91 Å². The van der Waals surface area contributed by atoms with Crippen molar-refractivity contribution in [2.45, 2.75) is 12.5 Å². The second kappa shape index (κ2) is 8.69. The average molecular weight is 436 g/mol. The number of carbonyl (C=O) groups is 2. The summed E-state index contributed by atoms with van der Waals surface area (Å²) < 4.78 is 5.22. The van der Waals surface area contributed by atoms with Crippen molar-refractivity contribution in [3.63, 3.8) is 0 Å². The fraction of sp³-hybridized carbons (Fsp3) is 0.333. The third kappa shape index (κ3) is 4.03. The summed E-state index contributed by atoms with van der Waals surface area (Å²) in [5.41, 5.74) is 2.55. The zero-order valence-corrected chi connectivity index (χ0v) is 18.1. The zero-order valence-electron chi connectivity index (χ0n) is 17.3. The normalized spacial score (nSPS) is 19.3. The summed E-state index contributed by atoms with van der Waals surface area (Å²) in [5.74, 6) is 0.373. The maximum Gasteiger partial charge on any atom is 0.289 e. The van der Waals surface area contributed by atoms with Gasteiger partial charge in [0.1, 0.15) is 0 Å². The van der Waals surface area contributed by atoms with Gasteiger partial charge in [-0.15, -0.1) is 11.3 Å². The molecule has 3 aromatic rings. The topological polar surface area (TPSA) is 57.0 Å². The minimum Gasteiger partial charge on any atom is -0.459 e. The minimum absolute atomic E-state index is 0.109. The van der Waals surface area contributed by atoms with Crippen molar-refractivity contribution in [3.05, 3.63) is 81.9 Å². The number of rotatable bonds is 4. The van der Waals surface area contributed by atoms with Crippen LogP contribution in [0, 0.1) is 0 Å². The number of hydrogen-bond acceptors (Lipinski definition) is 5. The Labute approximate surface area is 185 Å². The molecule has 0 aliphatic carbocycles. The summed E-state index contributed by atoms with van der Waals surface area (Å²) >= 11 is 1.81. The van der Waals surface area contributed by atoms with Crippen molar-refractivity contribution < 1.29 is 14.0 Å². The number of nitrogens with zero attached hydrogens (tertiary/aromatic N) is 3. The number of amides is 2. The lowest BCUT2D eigenvalue weighted by molar-refractivity contribution is -0.134.